The van der Waals surface area contributed by atoms with Crippen LogP contribution in [0, 0.1) is 0 Å². The lowest BCUT2D eigenvalue weighted by Gasteiger charge is -2.10. The second-order valence-corrected chi connectivity index (χ2v) is 3.45. The van der Waals surface area contributed by atoms with E-state index in [9.17, 15) is 4.79 Å². The Balaban J connectivity index is 2.96. The van der Waals surface area contributed by atoms with Gasteiger partial charge in [0.25, 0.3) is 0 Å². The number of methoxy groups -OCH3 is 2. The molecule has 0 aromatic heterocycles. The zero-order valence-electron chi connectivity index (χ0n) is 10.0. The molecule has 0 saturated carbocycles. The van der Waals surface area contributed by atoms with Crippen LogP contribution in [0.25, 0.3) is 10.4 Å². The van der Waals surface area contributed by atoms with Gasteiger partial charge in [0.2, 0.25) is 0 Å². The highest BCUT2D eigenvalue weighted by Gasteiger charge is 2.17. The monoisotopic (exact) mass is 251 g/mol. The standard InChI is InChI=1S/C11H13N3O4/c1-17-9-4-3-7(6-10(9)18-2)5-8(11(15)16)13-14-12/h3-4,6,8H,5H2,1-2H3,(H,15,16)/t8-/m0/s1. The number of carboxylic acids is 1. The minimum absolute atomic E-state index is 0.0970. The maximum Gasteiger partial charge on any atom is 0.312 e. The summed E-state index contributed by atoms with van der Waals surface area (Å²) in [6.45, 7) is 0. The van der Waals surface area contributed by atoms with Crippen molar-refractivity contribution in [3.63, 3.8) is 0 Å². The highest BCUT2D eigenvalue weighted by Crippen LogP contribution is 2.28. The van der Waals surface area contributed by atoms with Crippen molar-refractivity contribution in [2.45, 2.75) is 12.5 Å². The van der Waals surface area contributed by atoms with E-state index in [4.69, 9.17) is 20.1 Å². The number of hydrogen-bond acceptors (Lipinski definition) is 4. The van der Waals surface area contributed by atoms with Crippen molar-refractivity contribution in [3.05, 3.63) is 34.2 Å². The van der Waals surface area contributed by atoms with Gasteiger partial charge in [0.05, 0.1) is 14.2 Å². The predicted octanol–water partition coefficient (Wildman–Crippen LogP) is 2.01. The first kappa shape index (κ1) is 13.7. The van der Waals surface area contributed by atoms with Crippen molar-refractivity contribution in [1.29, 1.82) is 0 Å². The van der Waals surface area contributed by atoms with Crippen molar-refractivity contribution in [2.75, 3.05) is 14.2 Å². The number of benzene rings is 1. The number of carboxylic acid groups (broad SMARTS) is 1. The highest BCUT2D eigenvalue weighted by atomic mass is 16.5. The molecule has 7 heteroatoms. The minimum Gasteiger partial charge on any atom is -0.493 e. The van der Waals surface area contributed by atoms with Gasteiger partial charge in [0.15, 0.2) is 11.5 Å². The van der Waals surface area contributed by atoms with Crippen molar-refractivity contribution < 1.29 is 19.4 Å². The molecule has 1 atom stereocenters. The predicted molar refractivity (Wildman–Crippen MR) is 63.8 cm³/mol. The Hall–Kier alpha value is -2.40. The first-order valence-corrected chi connectivity index (χ1v) is 5.10. The molecule has 0 unspecified atom stereocenters. The van der Waals surface area contributed by atoms with Gasteiger partial charge in [-0.15, -0.1) is 0 Å². The van der Waals surface area contributed by atoms with Crippen LogP contribution in [-0.4, -0.2) is 31.3 Å². The van der Waals surface area contributed by atoms with Crippen LogP contribution in [0.3, 0.4) is 0 Å². The molecule has 0 aliphatic carbocycles. The molecule has 0 aliphatic rings. The number of azide groups is 1. The molecule has 96 valence electrons. The van der Waals surface area contributed by atoms with Gasteiger partial charge in [-0.25, -0.2) is 0 Å². The molecule has 0 radical (unpaired) electrons. The third-order valence-electron chi connectivity index (χ3n) is 2.35. The molecule has 0 fully saturated rings. The average Bonchev–Trinajstić information content (AvgIpc) is 2.37. The summed E-state index contributed by atoms with van der Waals surface area (Å²) < 4.78 is 10.2. The number of hydrogen-bond donors (Lipinski definition) is 1. The highest BCUT2D eigenvalue weighted by molar-refractivity contribution is 5.74. The number of ether oxygens (including phenoxy) is 2. The van der Waals surface area contributed by atoms with Gasteiger partial charge in [-0.1, -0.05) is 11.2 Å². The first-order chi connectivity index (χ1) is 8.62. The molecule has 0 bridgehead atoms. The van der Waals surface area contributed by atoms with E-state index in [2.05, 4.69) is 10.0 Å². The second-order valence-electron chi connectivity index (χ2n) is 3.45. The summed E-state index contributed by atoms with van der Waals surface area (Å²) in [6.07, 6.45) is 0.0970. The van der Waals surface area contributed by atoms with Gasteiger partial charge < -0.3 is 14.6 Å². The molecule has 0 amide bonds. The van der Waals surface area contributed by atoms with E-state index in [0.717, 1.165) is 0 Å². The van der Waals surface area contributed by atoms with Crippen molar-refractivity contribution >= 4 is 5.97 Å². The van der Waals surface area contributed by atoms with Crippen LogP contribution in [0.5, 0.6) is 11.5 Å². The molecule has 1 N–H and O–H groups in total. The Labute approximate surface area is 104 Å². The smallest absolute Gasteiger partial charge is 0.312 e. The summed E-state index contributed by atoms with van der Waals surface area (Å²) in [7, 11) is 3.00. The zero-order valence-corrected chi connectivity index (χ0v) is 10.0. The lowest BCUT2D eigenvalue weighted by Crippen LogP contribution is -2.19. The Kier molecular flexibility index (Phi) is 4.83. The van der Waals surface area contributed by atoms with Crippen LogP contribution in [0.15, 0.2) is 23.3 Å². The summed E-state index contributed by atoms with van der Waals surface area (Å²) in [5, 5.41) is 12.1. The van der Waals surface area contributed by atoms with Crippen molar-refractivity contribution in [2.24, 2.45) is 5.11 Å². The van der Waals surface area contributed by atoms with E-state index in [-0.39, 0.29) is 6.42 Å². The van der Waals surface area contributed by atoms with E-state index < -0.39 is 12.0 Å². The lowest BCUT2D eigenvalue weighted by molar-refractivity contribution is -0.138. The van der Waals surface area contributed by atoms with Crippen LogP contribution in [0.4, 0.5) is 0 Å². The largest absolute Gasteiger partial charge is 0.493 e. The Morgan fingerprint density at radius 1 is 1.44 bits per heavy atom. The fourth-order valence-corrected chi connectivity index (χ4v) is 1.47. The molecule has 0 saturated heterocycles. The maximum atomic E-state index is 10.9. The Bertz CT molecular complexity index is 481. The minimum atomic E-state index is -1.16. The maximum absolute atomic E-state index is 10.9. The van der Waals surface area contributed by atoms with Crippen molar-refractivity contribution in [3.8, 4) is 11.5 Å². The Morgan fingerprint density at radius 2 is 2.11 bits per heavy atom. The van der Waals surface area contributed by atoms with Crippen LogP contribution >= 0.6 is 0 Å². The van der Waals surface area contributed by atoms with Gasteiger partial charge in [0.1, 0.15) is 6.04 Å². The number of carbonyl (C=O) groups is 1. The molecule has 18 heavy (non-hydrogen) atoms. The fourth-order valence-electron chi connectivity index (χ4n) is 1.47. The van der Waals surface area contributed by atoms with E-state index in [0.29, 0.717) is 17.1 Å². The number of nitrogens with zero attached hydrogens (tertiary/aromatic N) is 3. The topological polar surface area (TPSA) is 105 Å². The van der Waals surface area contributed by atoms with Gasteiger partial charge in [-0.05, 0) is 29.6 Å². The Morgan fingerprint density at radius 3 is 2.61 bits per heavy atom. The summed E-state index contributed by atoms with van der Waals surface area (Å²) in [4.78, 5) is 13.4. The van der Waals surface area contributed by atoms with Gasteiger partial charge in [-0.3, -0.25) is 4.79 Å². The van der Waals surface area contributed by atoms with Gasteiger partial charge >= 0.3 is 5.97 Å². The summed E-state index contributed by atoms with van der Waals surface area (Å²) >= 11 is 0. The lowest BCUT2D eigenvalue weighted by atomic mass is 10.1. The molecule has 0 spiro atoms. The molecular formula is C11H13N3O4. The number of rotatable bonds is 6. The zero-order chi connectivity index (χ0) is 13.5. The molecular weight excluding hydrogens is 238 g/mol. The molecule has 0 aliphatic heterocycles. The molecule has 1 aromatic rings. The van der Waals surface area contributed by atoms with E-state index in [1.807, 2.05) is 0 Å². The van der Waals surface area contributed by atoms with Crippen molar-refractivity contribution in [1.82, 2.24) is 0 Å². The third kappa shape index (κ3) is 3.29. The summed E-state index contributed by atoms with van der Waals surface area (Å²) in [6, 6.07) is 3.89. The molecule has 1 rings (SSSR count). The van der Waals surface area contributed by atoms with E-state index in [1.165, 1.54) is 14.2 Å². The van der Waals surface area contributed by atoms with E-state index in [1.54, 1.807) is 18.2 Å². The SMILES string of the molecule is COc1ccc(C[C@H](N=[N+]=[N-])C(=O)O)cc1OC. The van der Waals surface area contributed by atoms with Crippen LogP contribution < -0.4 is 9.47 Å². The molecule has 0 heterocycles. The normalized spacial score (nSPS) is 11.2. The van der Waals surface area contributed by atoms with Crippen LogP contribution in [0.2, 0.25) is 0 Å². The quantitative estimate of drug-likeness (QED) is 0.474. The third-order valence-corrected chi connectivity index (χ3v) is 2.35. The van der Waals surface area contributed by atoms with Crippen LogP contribution in [-0.2, 0) is 11.2 Å². The number of aliphatic carboxylic acids is 1. The summed E-state index contributed by atoms with van der Waals surface area (Å²) in [5.74, 6) is -0.112. The average molecular weight is 251 g/mol. The fraction of sp³-hybridized carbons (Fsp3) is 0.364. The second kappa shape index (κ2) is 6.36. The van der Waals surface area contributed by atoms with Gasteiger partial charge in [0, 0.05) is 4.91 Å². The van der Waals surface area contributed by atoms with Crippen LogP contribution in [0.1, 0.15) is 5.56 Å². The summed E-state index contributed by atoms with van der Waals surface area (Å²) in [5.41, 5.74) is 8.98. The van der Waals surface area contributed by atoms with Gasteiger partial charge in [-0.2, -0.15) is 0 Å². The molecule has 1 aromatic carbocycles. The van der Waals surface area contributed by atoms with E-state index >= 15 is 0 Å². The molecule has 7 nitrogen and oxygen atoms in total. The first-order valence-electron chi connectivity index (χ1n) is 5.10.